The molecule has 4 nitrogen and oxygen atoms in total. The van der Waals surface area contributed by atoms with E-state index in [4.69, 9.17) is 0 Å². The Kier molecular flexibility index (Phi) is 3.27. The molecule has 2 aromatic rings. The largest absolute Gasteiger partial charge is 0.306 e. The van der Waals surface area contributed by atoms with Gasteiger partial charge in [-0.05, 0) is 36.7 Å². The van der Waals surface area contributed by atoms with Gasteiger partial charge in [0.05, 0.1) is 0 Å². The molecule has 3 rings (SSSR count). The third-order valence-corrected chi connectivity index (χ3v) is 3.88. The van der Waals surface area contributed by atoms with E-state index in [-0.39, 0.29) is 0 Å². The average Bonchev–Trinajstić information content (AvgIpc) is 2.60. The van der Waals surface area contributed by atoms with Gasteiger partial charge in [-0.3, -0.25) is 0 Å². The van der Waals surface area contributed by atoms with Gasteiger partial charge in [0.15, 0.2) is 5.16 Å². The molecule has 0 unspecified atom stereocenters. The van der Waals surface area contributed by atoms with E-state index < -0.39 is 5.95 Å². The zero-order valence-corrected chi connectivity index (χ0v) is 10.7. The molecule has 1 aliphatic heterocycles. The molecular weight excluding hydrogens is 251 g/mol. The molecule has 0 amide bonds. The van der Waals surface area contributed by atoms with Crippen molar-refractivity contribution in [1.82, 2.24) is 19.7 Å². The van der Waals surface area contributed by atoms with Crippen LogP contribution < -0.4 is 0 Å². The molecule has 18 heavy (non-hydrogen) atoms. The fourth-order valence-electron chi connectivity index (χ4n) is 2.07. The molecule has 0 fully saturated rings. The number of hydrogen-bond donors (Lipinski definition) is 0. The summed E-state index contributed by atoms with van der Waals surface area (Å²) in [7, 11) is 0. The van der Waals surface area contributed by atoms with Crippen molar-refractivity contribution in [3.63, 3.8) is 0 Å². The molecule has 0 bridgehead atoms. The first-order valence-electron chi connectivity index (χ1n) is 6.05. The summed E-state index contributed by atoms with van der Waals surface area (Å²) in [5.74, 6) is 0.571. The Hall–Kier alpha value is -1.43. The van der Waals surface area contributed by atoms with Crippen molar-refractivity contribution in [2.24, 2.45) is 0 Å². The molecule has 0 spiro atoms. The van der Waals surface area contributed by atoms with Crippen LogP contribution in [-0.4, -0.2) is 19.7 Å². The number of fused-ring (bicyclic) bond motifs is 1. The molecule has 1 aliphatic rings. The minimum atomic E-state index is -0.462. The number of pyridine rings is 1. The SMILES string of the molecule is Fc1cccc(Sc2nnc3n2CCCCC3)n1. The van der Waals surface area contributed by atoms with Crippen LogP contribution in [-0.2, 0) is 13.0 Å². The lowest BCUT2D eigenvalue weighted by Crippen LogP contribution is -2.02. The lowest BCUT2D eigenvalue weighted by atomic mass is 10.2. The lowest BCUT2D eigenvalue weighted by molar-refractivity contribution is 0.570. The molecular formula is C12H13FN4S. The maximum atomic E-state index is 13.0. The number of nitrogens with zero attached hydrogens (tertiary/aromatic N) is 4. The van der Waals surface area contributed by atoms with Gasteiger partial charge in [-0.1, -0.05) is 12.5 Å². The van der Waals surface area contributed by atoms with Crippen LogP contribution in [0.1, 0.15) is 25.1 Å². The van der Waals surface area contributed by atoms with Crippen molar-refractivity contribution in [3.05, 3.63) is 30.0 Å². The second-order valence-electron chi connectivity index (χ2n) is 4.26. The molecule has 6 heteroatoms. The second-order valence-corrected chi connectivity index (χ2v) is 5.25. The Morgan fingerprint density at radius 1 is 1.17 bits per heavy atom. The van der Waals surface area contributed by atoms with Gasteiger partial charge in [0.25, 0.3) is 0 Å². The van der Waals surface area contributed by atoms with Crippen LogP contribution in [0, 0.1) is 5.95 Å². The van der Waals surface area contributed by atoms with Crippen LogP contribution in [0.5, 0.6) is 0 Å². The highest BCUT2D eigenvalue weighted by Crippen LogP contribution is 2.27. The van der Waals surface area contributed by atoms with Crippen molar-refractivity contribution < 1.29 is 4.39 Å². The van der Waals surface area contributed by atoms with E-state index in [1.54, 1.807) is 12.1 Å². The van der Waals surface area contributed by atoms with Crippen LogP contribution in [0.2, 0.25) is 0 Å². The van der Waals surface area contributed by atoms with Gasteiger partial charge >= 0.3 is 0 Å². The van der Waals surface area contributed by atoms with Gasteiger partial charge in [0.1, 0.15) is 10.9 Å². The van der Waals surface area contributed by atoms with E-state index in [2.05, 4.69) is 19.7 Å². The summed E-state index contributed by atoms with van der Waals surface area (Å²) < 4.78 is 15.2. The van der Waals surface area contributed by atoms with Gasteiger partial charge < -0.3 is 4.57 Å². The normalized spacial score (nSPS) is 15.2. The number of hydrogen-bond acceptors (Lipinski definition) is 4. The lowest BCUT2D eigenvalue weighted by Gasteiger charge is -2.05. The van der Waals surface area contributed by atoms with Crippen molar-refractivity contribution in [2.75, 3.05) is 0 Å². The van der Waals surface area contributed by atoms with E-state index in [0.717, 1.165) is 30.4 Å². The molecule has 0 saturated carbocycles. The summed E-state index contributed by atoms with van der Waals surface area (Å²) in [5, 5.41) is 9.81. The highest BCUT2D eigenvalue weighted by molar-refractivity contribution is 7.99. The number of halogens is 1. The first-order chi connectivity index (χ1) is 8.83. The minimum Gasteiger partial charge on any atom is -0.306 e. The Balaban J connectivity index is 1.87. The third-order valence-electron chi connectivity index (χ3n) is 2.96. The fourth-order valence-corrected chi connectivity index (χ4v) is 2.93. The molecule has 0 aliphatic carbocycles. The third kappa shape index (κ3) is 2.38. The van der Waals surface area contributed by atoms with Gasteiger partial charge in [-0.15, -0.1) is 10.2 Å². The highest BCUT2D eigenvalue weighted by atomic mass is 32.2. The Bertz CT molecular complexity index is 555. The summed E-state index contributed by atoms with van der Waals surface area (Å²) >= 11 is 1.37. The standard InChI is InChI=1S/C12H13FN4S/c13-9-5-4-7-11(14-9)18-12-16-15-10-6-2-1-3-8-17(10)12/h4-5,7H,1-3,6,8H2. The molecule has 0 N–H and O–H groups in total. The van der Waals surface area contributed by atoms with Crippen molar-refractivity contribution >= 4 is 11.8 Å². The summed E-state index contributed by atoms with van der Waals surface area (Å²) in [6.45, 7) is 0.944. The molecule has 0 radical (unpaired) electrons. The fraction of sp³-hybridized carbons (Fsp3) is 0.417. The highest BCUT2D eigenvalue weighted by Gasteiger charge is 2.15. The first-order valence-corrected chi connectivity index (χ1v) is 6.87. The number of rotatable bonds is 2. The number of aryl methyl sites for hydroxylation is 1. The van der Waals surface area contributed by atoms with E-state index in [9.17, 15) is 4.39 Å². The van der Waals surface area contributed by atoms with Crippen LogP contribution in [0.25, 0.3) is 0 Å². The van der Waals surface area contributed by atoms with Crippen molar-refractivity contribution in [3.8, 4) is 0 Å². The molecule has 94 valence electrons. The van der Waals surface area contributed by atoms with Gasteiger partial charge in [-0.2, -0.15) is 4.39 Å². The molecule has 0 saturated heterocycles. The summed E-state index contributed by atoms with van der Waals surface area (Å²) in [6.07, 6.45) is 4.52. The van der Waals surface area contributed by atoms with Crippen LogP contribution >= 0.6 is 11.8 Å². The zero-order chi connectivity index (χ0) is 12.4. The van der Waals surface area contributed by atoms with E-state index in [0.29, 0.717) is 5.03 Å². The maximum Gasteiger partial charge on any atom is 0.213 e. The second kappa shape index (κ2) is 5.06. The Morgan fingerprint density at radius 2 is 2.11 bits per heavy atom. The van der Waals surface area contributed by atoms with E-state index in [1.165, 1.54) is 30.7 Å². The van der Waals surface area contributed by atoms with Crippen molar-refractivity contribution in [1.29, 1.82) is 0 Å². The molecule has 0 atom stereocenters. The van der Waals surface area contributed by atoms with Gasteiger partial charge in [-0.25, -0.2) is 4.98 Å². The maximum absolute atomic E-state index is 13.0. The van der Waals surface area contributed by atoms with Gasteiger partial charge in [0.2, 0.25) is 5.95 Å². The van der Waals surface area contributed by atoms with Crippen LogP contribution in [0.4, 0.5) is 4.39 Å². The monoisotopic (exact) mass is 264 g/mol. The van der Waals surface area contributed by atoms with E-state index >= 15 is 0 Å². The summed E-state index contributed by atoms with van der Waals surface area (Å²) in [5.41, 5.74) is 0. The Labute approximate surface area is 109 Å². The quantitative estimate of drug-likeness (QED) is 0.782. The predicted molar refractivity (Wildman–Crippen MR) is 65.9 cm³/mol. The van der Waals surface area contributed by atoms with Crippen LogP contribution in [0.15, 0.2) is 28.4 Å². The Morgan fingerprint density at radius 3 is 3.00 bits per heavy atom. The topological polar surface area (TPSA) is 43.6 Å². The minimum absolute atomic E-state index is 0.462. The summed E-state index contributed by atoms with van der Waals surface area (Å²) in [4.78, 5) is 3.84. The van der Waals surface area contributed by atoms with Crippen molar-refractivity contribution in [2.45, 2.75) is 42.4 Å². The molecule has 3 heterocycles. The summed E-state index contributed by atoms with van der Waals surface area (Å²) in [6, 6.07) is 4.78. The smallest absolute Gasteiger partial charge is 0.213 e. The molecule has 0 aromatic carbocycles. The average molecular weight is 264 g/mol. The first kappa shape index (κ1) is 11.6. The zero-order valence-electron chi connectivity index (χ0n) is 9.84. The van der Waals surface area contributed by atoms with Gasteiger partial charge in [0, 0.05) is 13.0 Å². The number of aromatic nitrogens is 4. The van der Waals surface area contributed by atoms with Crippen LogP contribution in [0.3, 0.4) is 0 Å². The predicted octanol–water partition coefficient (Wildman–Crippen LogP) is 2.69. The van der Waals surface area contributed by atoms with E-state index in [1.807, 2.05) is 0 Å². The molecule has 2 aromatic heterocycles.